The second-order valence-electron chi connectivity index (χ2n) is 10.6. The first-order valence-electron chi connectivity index (χ1n) is 13.1. The van der Waals surface area contributed by atoms with Gasteiger partial charge in [-0.05, 0) is 71.0 Å². The number of aliphatic hydroxyl groups excluding tert-OH is 1. The largest absolute Gasteiger partial charge is 0.391 e. The Morgan fingerprint density at radius 1 is 1.23 bits per heavy atom. The van der Waals surface area contributed by atoms with Gasteiger partial charge in [0.25, 0.3) is 5.56 Å². The average Bonchev–Trinajstić information content (AvgIpc) is 2.87. The van der Waals surface area contributed by atoms with Crippen molar-refractivity contribution in [2.45, 2.75) is 69.9 Å². The zero-order valence-electron chi connectivity index (χ0n) is 22.8. The van der Waals surface area contributed by atoms with E-state index < -0.39 is 24.5 Å². The molecule has 1 aliphatic carbocycles. The second kappa shape index (κ2) is 12.3. The van der Waals surface area contributed by atoms with E-state index in [1.54, 1.807) is 22.9 Å². The van der Waals surface area contributed by atoms with Gasteiger partial charge in [-0.3, -0.25) is 9.36 Å². The van der Waals surface area contributed by atoms with Gasteiger partial charge in [-0.15, -0.1) is 0 Å². The minimum absolute atomic E-state index is 0.0172. The Hall–Kier alpha value is -2.90. The zero-order valence-corrected chi connectivity index (χ0v) is 23.6. The number of fused-ring (bicyclic) bond motifs is 1. The summed E-state index contributed by atoms with van der Waals surface area (Å²) in [7, 11) is 3.88. The van der Waals surface area contributed by atoms with Crippen molar-refractivity contribution in [3.63, 3.8) is 0 Å². The highest BCUT2D eigenvalue weighted by atomic mass is 32.2. The van der Waals surface area contributed by atoms with Gasteiger partial charge >= 0.3 is 6.18 Å². The number of hydrogen-bond acceptors (Lipinski definition) is 8. The van der Waals surface area contributed by atoms with Crippen LogP contribution < -0.4 is 15.6 Å². The van der Waals surface area contributed by atoms with Gasteiger partial charge in [-0.1, -0.05) is 18.0 Å². The number of anilines is 2. The predicted octanol–water partition coefficient (Wildman–Crippen LogP) is 5.45. The molecule has 0 amide bonds. The van der Waals surface area contributed by atoms with Crippen molar-refractivity contribution in [1.29, 1.82) is 0 Å². The van der Waals surface area contributed by atoms with Crippen LogP contribution in [0.3, 0.4) is 0 Å². The third-order valence-corrected chi connectivity index (χ3v) is 7.79. The highest BCUT2D eigenvalue weighted by Gasteiger charge is 2.31. The lowest BCUT2D eigenvalue weighted by Gasteiger charge is -2.37. The van der Waals surface area contributed by atoms with Crippen molar-refractivity contribution in [3.05, 3.63) is 46.6 Å². The lowest BCUT2D eigenvalue weighted by Crippen LogP contribution is -2.47. The van der Waals surface area contributed by atoms with Gasteiger partial charge in [0.05, 0.1) is 18.2 Å². The first kappa shape index (κ1) is 30.1. The molecule has 1 saturated carbocycles. The molecule has 3 aromatic rings. The summed E-state index contributed by atoms with van der Waals surface area (Å²) >= 11 is 0.762. The standard InChI is InChI=1S/C27H34F4N6O2S/c1-15(2)37-24-17(14-32-26(34-24)33-18-6-8-23(38)22(13-18)36(3)4)11-19(25(37)39)16-5-7-21(20(28)12-16)35-40-10-9-27(29,30)31/h5,7,11-12,14-15,18,22-23,35,38H,6,8-10,13H2,1-4H3,(H,32,33,34). The number of hydrogen-bond donors (Lipinski definition) is 3. The third-order valence-electron chi connectivity index (χ3n) is 7.02. The number of alkyl halides is 3. The summed E-state index contributed by atoms with van der Waals surface area (Å²) in [6.45, 7) is 3.71. The summed E-state index contributed by atoms with van der Waals surface area (Å²) in [5.41, 5.74) is 0.728. The molecule has 3 unspecified atom stereocenters. The molecular formula is C27H34F4N6O2S. The summed E-state index contributed by atoms with van der Waals surface area (Å²) in [5, 5.41) is 14.3. The molecule has 1 aliphatic rings. The Kier molecular flexibility index (Phi) is 9.26. The number of aromatic nitrogens is 3. The van der Waals surface area contributed by atoms with Crippen LogP contribution in [0.5, 0.6) is 0 Å². The van der Waals surface area contributed by atoms with Crippen LogP contribution in [0.2, 0.25) is 0 Å². The molecule has 0 radical (unpaired) electrons. The first-order chi connectivity index (χ1) is 18.8. The molecule has 13 heteroatoms. The highest BCUT2D eigenvalue weighted by Crippen LogP contribution is 2.29. The van der Waals surface area contributed by atoms with Gasteiger partial charge in [0.2, 0.25) is 5.95 Å². The Balaban J connectivity index is 1.59. The second-order valence-corrected chi connectivity index (χ2v) is 11.5. The number of pyridine rings is 1. The van der Waals surface area contributed by atoms with Crippen molar-refractivity contribution in [2.75, 3.05) is 29.9 Å². The van der Waals surface area contributed by atoms with Crippen molar-refractivity contribution < 1.29 is 22.7 Å². The maximum Gasteiger partial charge on any atom is 0.389 e. The van der Waals surface area contributed by atoms with E-state index in [4.69, 9.17) is 0 Å². The maximum absolute atomic E-state index is 14.8. The van der Waals surface area contributed by atoms with Crippen molar-refractivity contribution in [3.8, 4) is 11.1 Å². The van der Waals surface area contributed by atoms with Gasteiger partial charge in [-0.25, -0.2) is 9.37 Å². The molecule has 218 valence electrons. The van der Waals surface area contributed by atoms with Crippen molar-refractivity contribution >= 4 is 34.6 Å². The number of rotatable bonds is 9. The summed E-state index contributed by atoms with van der Waals surface area (Å²) in [6.07, 6.45) is -1.89. The summed E-state index contributed by atoms with van der Waals surface area (Å²) in [6, 6.07) is 5.60. The molecule has 3 N–H and O–H groups in total. The highest BCUT2D eigenvalue weighted by molar-refractivity contribution is 8.00. The quantitative estimate of drug-likeness (QED) is 0.174. The normalized spacial score (nSPS) is 19.9. The third kappa shape index (κ3) is 7.05. The van der Waals surface area contributed by atoms with E-state index in [9.17, 15) is 27.5 Å². The Morgan fingerprint density at radius 3 is 2.62 bits per heavy atom. The molecule has 0 bridgehead atoms. The van der Waals surface area contributed by atoms with Crippen molar-refractivity contribution in [1.82, 2.24) is 19.4 Å². The fraction of sp³-hybridized carbons (Fsp3) is 0.519. The van der Waals surface area contributed by atoms with Crippen LogP contribution in [0, 0.1) is 5.82 Å². The molecule has 4 rings (SSSR count). The van der Waals surface area contributed by atoms with Crippen molar-refractivity contribution in [2.24, 2.45) is 0 Å². The number of benzene rings is 1. The van der Waals surface area contributed by atoms with E-state index in [0.717, 1.165) is 24.8 Å². The molecule has 1 aromatic carbocycles. The van der Waals surface area contributed by atoms with Gasteiger partial charge < -0.3 is 20.0 Å². The minimum atomic E-state index is -4.28. The van der Waals surface area contributed by atoms with Gasteiger partial charge in [0.1, 0.15) is 11.5 Å². The topological polar surface area (TPSA) is 95.3 Å². The SMILES string of the molecule is CC(C)n1c(=O)c(-c2ccc(NSCCC(F)(F)F)c(F)c2)cc2cnc(NC3CCC(O)C(N(C)C)C3)nc21. The molecule has 8 nitrogen and oxygen atoms in total. The predicted molar refractivity (Wildman–Crippen MR) is 151 cm³/mol. The Labute approximate surface area is 234 Å². The average molecular weight is 583 g/mol. The number of likely N-dealkylation sites (N-methyl/N-ethyl adjacent to an activating group) is 1. The van der Waals surface area contributed by atoms with Gasteiger partial charge in [-0.2, -0.15) is 18.2 Å². The fourth-order valence-electron chi connectivity index (χ4n) is 4.94. The molecular weight excluding hydrogens is 548 g/mol. The molecule has 2 heterocycles. The molecule has 1 fully saturated rings. The zero-order chi connectivity index (χ0) is 29.2. The van der Waals surface area contributed by atoms with E-state index in [0.29, 0.717) is 29.0 Å². The monoisotopic (exact) mass is 582 g/mol. The van der Waals surface area contributed by atoms with Crippen LogP contribution in [-0.4, -0.2) is 68.8 Å². The maximum atomic E-state index is 14.8. The summed E-state index contributed by atoms with van der Waals surface area (Å²) < 4.78 is 56.0. The van der Waals surface area contributed by atoms with Crippen LogP contribution in [-0.2, 0) is 0 Å². The van der Waals surface area contributed by atoms with Crippen LogP contribution in [0.25, 0.3) is 22.2 Å². The van der Waals surface area contributed by atoms with Gasteiger partial charge in [0.15, 0.2) is 0 Å². The van der Waals surface area contributed by atoms with E-state index in [2.05, 4.69) is 20.0 Å². The molecule has 0 saturated heterocycles. The first-order valence-corrected chi connectivity index (χ1v) is 14.1. The lowest BCUT2D eigenvalue weighted by molar-refractivity contribution is -0.129. The van der Waals surface area contributed by atoms with Crippen LogP contribution in [0.15, 0.2) is 35.3 Å². The number of aliphatic hydroxyl groups is 1. The Bertz CT molecular complexity index is 1400. The minimum Gasteiger partial charge on any atom is -0.391 e. The van der Waals surface area contributed by atoms with E-state index in [-0.39, 0.29) is 40.7 Å². The molecule has 0 spiro atoms. The smallest absolute Gasteiger partial charge is 0.389 e. The fourth-order valence-corrected chi connectivity index (χ4v) is 5.69. The van der Waals surface area contributed by atoms with Crippen LogP contribution in [0.4, 0.5) is 29.2 Å². The molecule has 0 aliphatic heterocycles. The molecule has 40 heavy (non-hydrogen) atoms. The van der Waals surface area contributed by atoms with Crippen LogP contribution >= 0.6 is 11.9 Å². The molecule has 3 atom stereocenters. The number of halogens is 4. The van der Waals surface area contributed by atoms with E-state index in [1.807, 2.05) is 32.8 Å². The Morgan fingerprint density at radius 2 is 1.98 bits per heavy atom. The number of nitrogens with zero attached hydrogens (tertiary/aromatic N) is 4. The molecule has 2 aromatic heterocycles. The van der Waals surface area contributed by atoms with E-state index in [1.165, 1.54) is 12.1 Å². The lowest BCUT2D eigenvalue weighted by atomic mass is 9.88. The van der Waals surface area contributed by atoms with Gasteiger partial charge in [0, 0.05) is 41.0 Å². The summed E-state index contributed by atoms with van der Waals surface area (Å²) in [5.74, 6) is -0.556. The van der Waals surface area contributed by atoms with E-state index >= 15 is 0 Å². The van der Waals surface area contributed by atoms with Crippen LogP contribution in [0.1, 0.15) is 45.6 Å². The summed E-state index contributed by atoms with van der Waals surface area (Å²) in [4.78, 5) is 24.7. The number of nitrogens with one attached hydrogen (secondary N) is 2.